The van der Waals surface area contributed by atoms with Gasteiger partial charge in [0.05, 0.1) is 38.5 Å². The van der Waals surface area contributed by atoms with E-state index in [4.69, 9.17) is 9.47 Å². The molecule has 1 fully saturated rings. The predicted octanol–water partition coefficient (Wildman–Crippen LogP) is -0.874. The standard InChI is InChI=1S/C9H18N2O3/c1-7(10-2)9(12)11-8-5-13-3-4-14-6-8/h7-8,10H,3-6H2,1-2H3,(H,11,12). The van der Waals surface area contributed by atoms with E-state index in [1.165, 1.54) is 0 Å². The van der Waals surface area contributed by atoms with E-state index in [1.54, 1.807) is 7.05 Å². The van der Waals surface area contributed by atoms with E-state index in [0.717, 1.165) is 0 Å². The number of hydrogen-bond acceptors (Lipinski definition) is 4. The number of likely N-dealkylation sites (N-methyl/N-ethyl adjacent to an activating group) is 1. The summed E-state index contributed by atoms with van der Waals surface area (Å²) in [5.74, 6) is -0.0217. The highest BCUT2D eigenvalue weighted by atomic mass is 16.5. The van der Waals surface area contributed by atoms with Crippen molar-refractivity contribution in [3.8, 4) is 0 Å². The molecule has 0 aromatic heterocycles. The average Bonchev–Trinajstić information content (AvgIpc) is 2.45. The number of ether oxygens (including phenoxy) is 2. The van der Waals surface area contributed by atoms with Crippen LogP contribution in [0.4, 0.5) is 0 Å². The van der Waals surface area contributed by atoms with Crippen LogP contribution in [0.1, 0.15) is 6.92 Å². The van der Waals surface area contributed by atoms with Crippen LogP contribution in [0.15, 0.2) is 0 Å². The molecule has 1 atom stereocenters. The minimum absolute atomic E-state index is 0.0217. The fraction of sp³-hybridized carbons (Fsp3) is 0.889. The van der Waals surface area contributed by atoms with Crippen molar-refractivity contribution in [1.82, 2.24) is 10.6 Å². The molecule has 1 aliphatic rings. The molecule has 82 valence electrons. The third-order valence-electron chi connectivity index (χ3n) is 2.18. The van der Waals surface area contributed by atoms with Gasteiger partial charge in [-0.15, -0.1) is 0 Å². The van der Waals surface area contributed by atoms with Gasteiger partial charge in [0.25, 0.3) is 0 Å². The molecular formula is C9H18N2O3. The number of nitrogens with one attached hydrogen (secondary N) is 2. The molecule has 1 rings (SSSR count). The molecule has 5 heteroatoms. The number of carbonyl (C=O) groups excluding carboxylic acids is 1. The zero-order valence-electron chi connectivity index (χ0n) is 8.71. The molecule has 2 N–H and O–H groups in total. The van der Waals surface area contributed by atoms with Crippen molar-refractivity contribution >= 4 is 5.91 Å². The third-order valence-corrected chi connectivity index (χ3v) is 2.18. The number of carbonyl (C=O) groups is 1. The van der Waals surface area contributed by atoms with Crippen LogP contribution >= 0.6 is 0 Å². The largest absolute Gasteiger partial charge is 0.377 e. The lowest BCUT2D eigenvalue weighted by Gasteiger charge is -2.18. The lowest BCUT2D eigenvalue weighted by Crippen LogP contribution is -2.48. The van der Waals surface area contributed by atoms with Gasteiger partial charge >= 0.3 is 0 Å². The van der Waals surface area contributed by atoms with Crippen LogP contribution in [-0.4, -0.2) is 51.5 Å². The van der Waals surface area contributed by atoms with Gasteiger partial charge in [-0.25, -0.2) is 0 Å². The monoisotopic (exact) mass is 202 g/mol. The smallest absolute Gasteiger partial charge is 0.237 e. The van der Waals surface area contributed by atoms with E-state index in [-0.39, 0.29) is 18.0 Å². The van der Waals surface area contributed by atoms with E-state index < -0.39 is 0 Å². The van der Waals surface area contributed by atoms with E-state index in [0.29, 0.717) is 26.4 Å². The van der Waals surface area contributed by atoms with Crippen molar-refractivity contribution in [2.24, 2.45) is 0 Å². The first-order valence-electron chi connectivity index (χ1n) is 4.87. The van der Waals surface area contributed by atoms with Crippen molar-refractivity contribution in [3.05, 3.63) is 0 Å². The zero-order valence-corrected chi connectivity index (χ0v) is 8.71. The average molecular weight is 202 g/mol. The highest BCUT2D eigenvalue weighted by Crippen LogP contribution is 1.95. The molecule has 0 aliphatic carbocycles. The Morgan fingerprint density at radius 3 is 2.43 bits per heavy atom. The van der Waals surface area contributed by atoms with E-state index in [9.17, 15) is 4.79 Å². The minimum Gasteiger partial charge on any atom is -0.377 e. The summed E-state index contributed by atoms with van der Waals surface area (Å²) in [6.45, 7) is 4.08. The van der Waals surface area contributed by atoms with Gasteiger partial charge in [-0.05, 0) is 14.0 Å². The number of amides is 1. The van der Waals surface area contributed by atoms with Crippen molar-refractivity contribution in [3.63, 3.8) is 0 Å². The Kier molecular flexibility index (Phi) is 4.86. The fourth-order valence-electron chi connectivity index (χ4n) is 1.16. The van der Waals surface area contributed by atoms with Crippen LogP contribution in [0.25, 0.3) is 0 Å². The molecule has 1 heterocycles. The molecular weight excluding hydrogens is 184 g/mol. The topological polar surface area (TPSA) is 59.6 Å². The number of rotatable bonds is 3. The molecule has 1 unspecified atom stereocenters. The van der Waals surface area contributed by atoms with Crippen LogP contribution in [-0.2, 0) is 14.3 Å². The van der Waals surface area contributed by atoms with Gasteiger partial charge < -0.3 is 20.1 Å². The van der Waals surface area contributed by atoms with Gasteiger partial charge in [0, 0.05) is 0 Å². The second-order valence-electron chi connectivity index (χ2n) is 3.37. The Morgan fingerprint density at radius 2 is 1.93 bits per heavy atom. The van der Waals surface area contributed by atoms with Crippen molar-refractivity contribution in [2.45, 2.75) is 19.0 Å². The molecule has 0 aromatic carbocycles. The highest BCUT2D eigenvalue weighted by Gasteiger charge is 2.18. The molecule has 0 spiro atoms. The summed E-state index contributed by atoms with van der Waals surface area (Å²) in [5, 5.41) is 5.73. The predicted molar refractivity (Wildman–Crippen MR) is 52.1 cm³/mol. The maximum Gasteiger partial charge on any atom is 0.237 e. The molecule has 0 saturated carbocycles. The summed E-state index contributed by atoms with van der Waals surface area (Å²) in [6.07, 6.45) is 0. The van der Waals surface area contributed by atoms with E-state index in [1.807, 2.05) is 6.92 Å². The zero-order chi connectivity index (χ0) is 10.4. The highest BCUT2D eigenvalue weighted by molar-refractivity contribution is 5.81. The van der Waals surface area contributed by atoms with Crippen LogP contribution < -0.4 is 10.6 Å². The summed E-state index contributed by atoms with van der Waals surface area (Å²) in [4.78, 5) is 11.5. The van der Waals surface area contributed by atoms with Crippen molar-refractivity contribution in [1.29, 1.82) is 0 Å². The maximum atomic E-state index is 11.5. The molecule has 5 nitrogen and oxygen atoms in total. The summed E-state index contributed by atoms with van der Waals surface area (Å²) >= 11 is 0. The lowest BCUT2D eigenvalue weighted by atomic mass is 10.2. The summed E-state index contributed by atoms with van der Waals surface area (Å²) in [5.41, 5.74) is 0. The first-order chi connectivity index (χ1) is 6.74. The fourth-order valence-corrected chi connectivity index (χ4v) is 1.16. The number of hydrogen-bond donors (Lipinski definition) is 2. The summed E-state index contributed by atoms with van der Waals surface area (Å²) < 4.78 is 10.5. The lowest BCUT2D eigenvalue weighted by molar-refractivity contribution is -0.123. The van der Waals surface area contributed by atoms with Crippen molar-refractivity contribution in [2.75, 3.05) is 33.5 Å². The second kappa shape index (κ2) is 5.95. The van der Waals surface area contributed by atoms with Gasteiger partial charge in [0.15, 0.2) is 0 Å². The summed E-state index contributed by atoms with van der Waals surface area (Å²) in [6, 6.07) is -0.209. The molecule has 0 aromatic rings. The van der Waals surface area contributed by atoms with E-state index >= 15 is 0 Å². The van der Waals surface area contributed by atoms with E-state index in [2.05, 4.69) is 10.6 Å². The Balaban J connectivity index is 2.30. The molecule has 14 heavy (non-hydrogen) atoms. The molecule has 0 radical (unpaired) electrons. The molecule has 1 amide bonds. The van der Waals surface area contributed by atoms with Crippen molar-refractivity contribution < 1.29 is 14.3 Å². The minimum atomic E-state index is -0.182. The van der Waals surface area contributed by atoms with Crippen LogP contribution in [0.3, 0.4) is 0 Å². The third kappa shape index (κ3) is 3.61. The quantitative estimate of drug-likeness (QED) is 0.624. The van der Waals surface area contributed by atoms with Gasteiger partial charge in [0.2, 0.25) is 5.91 Å². The van der Waals surface area contributed by atoms with Crippen LogP contribution in [0.5, 0.6) is 0 Å². The Morgan fingerprint density at radius 1 is 1.36 bits per heavy atom. The normalized spacial score (nSPS) is 21.3. The SMILES string of the molecule is CNC(C)C(=O)NC1COCCOC1. The maximum absolute atomic E-state index is 11.5. The molecule has 1 saturated heterocycles. The summed E-state index contributed by atoms with van der Waals surface area (Å²) in [7, 11) is 1.75. The second-order valence-corrected chi connectivity index (χ2v) is 3.37. The molecule has 1 aliphatic heterocycles. The van der Waals surface area contributed by atoms with Gasteiger partial charge in [0.1, 0.15) is 0 Å². The van der Waals surface area contributed by atoms with Crippen LogP contribution in [0, 0.1) is 0 Å². The first-order valence-corrected chi connectivity index (χ1v) is 4.87. The molecule has 0 bridgehead atoms. The van der Waals surface area contributed by atoms with Gasteiger partial charge in [-0.3, -0.25) is 4.79 Å². The van der Waals surface area contributed by atoms with Crippen LogP contribution in [0.2, 0.25) is 0 Å². The Bertz CT molecular complexity index is 179. The Labute approximate surface area is 84.1 Å². The first kappa shape index (κ1) is 11.4. The van der Waals surface area contributed by atoms with Gasteiger partial charge in [-0.2, -0.15) is 0 Å². The Hall–Kier alpha value is -0.650. The van der Waals surface area contributed by atoms with Gasteiger partial charge in [-0.1, -0.05) is 0 Å².